The number of unbranched alkanes of at least 4 members (excludes halogenated alkanes) is 14. The molecule has 5 N–H and O–H groups in total. The molecule has 0 unspecified atom stereocenters. The molecule has 0 aromatic rings. The number of carbonyl (C=O) groups excluding carboxylic acids is 4. The van der Waals surface area contributed by atoms with Crippen molar-refractivity contribution >= 4 is 41.3 Å². The second-order valence-electron chi connectivity index (χ2n) is 15.8. The van der Waals surface area contributed by atoms with Crippen LogP contribution in [0.15, 0.2) is 0 Å². The van der Waals surface area contributed by atoms with Crippen molar-refractivity contribution in [2.45, 2.75) is 167 Å². The number of ether oxygens (including phenoxy) is 4. The molecule has 0 bridgehead atoms. The quantitative estimate of drug-likeness (QED) is 0.0401. The molecule has 0 aliphatic carbocycles. The molecule has 0 fully saturated rings. The molecular weight excluding hydrogens is 792 g/mol. The van der Waals surface area contributed by atoms with Gasteiger partial charge < -0.3 is 44.9 Å². The fourth-order valence-electron chi connectivity index (χ4n) is 6.62. The predicted octanol–water partition coefficient (Wildman–Crippen LogP) is 6.68. The van der Waals surface area contributed by atoms with Crippen LogP contribution >= 0.6 is 0 Å². The first-order valence-corrected chi connectivity index (χ1v) is 23.0. The molecular formula is C45H80N2O14. The number of nitrogens with one attached hydrogen (secondary N) is 2. The van der Waals surface area contributed by atoms with Crippen molar-refractivity contribution in [3.63, 3.8) is 0 Å². The Kier molecular flexibility index (Phi) is 39.5. The lowest BCUT2D eigenvalue weighted by atomic mass is 9.93. The maximum atomic E-state index is 12.4. The summed E-state index contributed by atoms with van der Waals surface area (Å²) in [5.41, 5.74) is 0. The zero-order chi connectivity index (χ0) is 45.2. The van der Waals surface area contributed by atoms with Crippen molar-refractivity contribution in [3.8, 4) is 0 Å². The van der Waals surface area contributed by atoms with Crippen LogP contribution in [0.2, 0.25) is 0 Å². The van der Waals surface area contributed by atoms with Crippen LogP contribution in [0.5, 0.6) is 0 Å². The number of ketones is 2. The van der Waals surface area contributed by atoms with Crippen LogP contribution in [0.25, 0.3) is 0 Å². The van der Waals surface area contributed by atoms with Crippen molar-refractivity contribution in [2.24, 2.45) is 11.8 Å². The summed E-state index contributed by atoms with van der Waals surface area (Å²) in [7, 11) is 0. The monoisotopic (exact) mass is 873 g/mol. The minimum Gasteiger partial charge on any atom is -0.481 e. The van der Waals surface area contributed by atoms with Gasteiger partial charge in [0, 0.05) is 51.8 Å². The summed E-state index contributed by atoms with van der Waals surface area (Å²) >= 11 is 0. The molecule has 354 valence electrons. The van der Waals surface area contributed by atoms with Gasteiger partial charge in [-0.3, -0.25) is 33.6 Å². The predicted molar refractivity (Wildman–Crippen MR) is 230 cm³/mol. The van der Waals surface area contributed by atoms with Crippen LogP contribution in [0.1, 0.15) is 167 Å². The van der Waals surface area contributed by atoms with Crippen LogP contribution in [0, 0.1) is 11.8 Å². The van der Waals surface area contributed by atoms with Crippen molar-refractivity contribution in [2.75, 3.05) is 65.9 Å². The third-order valence-electron chi connectivity index (χ3n) is 10.4. The Morgan fingerprint density at radius 2 is 0.885 bits per heavy atom. The molecule has 0 saturated carbocycles. The third-order valence-corrected chi connectivity index (χ3v) is 10.4. The van der Waals surface area contributed by atoms with Gasteiger partial charge in [0.25, 0.3) is 0 Å². The van der Waals surface area contributed by atoms with Gasteiger partial charge in [0.2, 0.25) is 11.8 Å². The highest BCUT2D eigenvalue weighted by atomic mass is 16.5. The van der Waals surface area contributed by atoms with E-state index in [0.717, 1.165) is 51.4 Å². The normalized spacial score (nSPS) is 12.1. The van der Waals surface area contributed by atoms with Gasteiger partial charge in [-0.1, -0.05) is 90.4 Å². The van der Waals surface area contributed by atoms with E-state index < -0.39 is 23.8 Å². The lowest BCUT2D eigenvalue weighted by molar-refractivity contribution is -0.144. The summed E-state index contributed by atoms with van der Waals surface area (Å²) in [5.74, 6) is -4.42. The van der Waals surface area contributed by atoms with Gasteiger partial charge in [0.05, 0.1) is 44.9 Å². The molecule has 0 aliphatic heterocycles. The van der Waals surface area contributed by atoms with E-state index in [4.69, 9.17) is 29.2 Å². The largest absolute Gasteiger partial charge is 0.481 e. The first-order valence-electron chi connectivity index (χ1n) is 23.0. The molecule has 0 rings (SSSR count). The standard InChI is InChI=1S/C45H80N2O14/c1-2-37(44(54)55)20-17-18-26-46-41(50)35-61-33-31-59-29-27-47-42(51)36-60-32-30-58-28-19-22-39(48)25-24-38(45(56)57)34-40(49)21-15-13-11-9-7-5-3-4-6-8-10-12-14-16-23-43(52)53/h37-38H,2-36H2,1H3,(H,46,50)(H,47,51)(H,52,53)(H,54,55)(H,56,57)/t37-,38+/m0/s1. The maximum Gasteiger partial charge on any atom is 0.306 e. The third kappa shape index (κ3) is 40.4. The fraction of sp³-hybridized carbons (Fsp3) is 0.844. The van der Waals surface area contributed by atoms with Crippen LogP contribution in [-0.4, -0.2) is 123 Å². The van der Waals surface area contributed by atoms with Crippen LogP contribution < -0.4 is 10.6 Å². The fourth-order valence-corrected chi connectivity index (χ4v) is 6.62. The number of amides is 2. The minimum atomic E-state index is -1.05. The molecule has 16 heteroatoms. The summed E-state index contributed by atoms with van der Waals surface area (Å²) in [6.45, 7) is 3.86. The molecule has 0 aromatic carbocycles. The van der Waals surface area contributed by atoms with E-state index in [1.165, 1.54) is 44.9 Å². The van der Waals surface area contributed by atoms with E-state index in [9.17, 15) is 38.7 Å². The van der Waals surface area contributed by atoms with Gasteiger partial charge in [-0.15, -0.1) is 0 Å². The summed E-state index contributed by atoms with van der Waals surface area (Å²) in [4.78, 5) is 81.8. The Balaban J connectivity index is 3.65. The zero-order valence-electron chi connectivity index (χ0n) is 37.2. The molecule has 2 amide bonds. The molecule has 0 aromatic heterocycles. The van der Waals surface area contributed by atoms with E-state index in [-0.39, 0.29) is 114 Å². The number of hydrogen-bond donors (Lipinski definition) is 5. The molecule has 2 atom stereocenters. The summed E-state index contributed by atoms with van der Waals surface area (Å²) in [5, 5.41) is 32.7. The number of hydrogen-bond acceptors (Lipinski definition) is 11. The second kappa shape index (κ2) is 41.9. The summed E-state index contributed by atoms with van der Waals surface area (Å²) in [6, 6.07) is 0. The Hall–Kier alpha value is -3.47. The second-order valence-corrected chi connectivity index (χ2v) is 15.8. The molecule has 0 radical (unpaired) electrons. The lowest BCUT2D eigenvalue weighted by Gasteiger charge is -2.11. The van der Waals surface area contributed by atoms with Crippen molar-refractivity contribution in [3.05, 3.63) is 0 Å². The first-order chi connectivity index (χ1) is 29.5. The zero-order valence-corrected chi connectivity index (χ0v) is 37.2. The molecule has 0 saturated heterocycles. The number of carboxylic acids is 3. The molecule has 0 spiro atoms. The van der Waals surface area contributed by atoms with Gasteiger partial charge in [-0.2, -0.15) is 0 Å². The van der Waals surface area contributed by atoms with E-state index in [1.54, 1.807) is 0 Å². The van der Waals surface area contributed by atoms with Gasteiger partial charge >= 0.3 is 17.9 Å². The summed E-state index contributed by atoms with van der Waals surface area (Å²) < 4.78 is 21.4. The van der Waals surface area contributed by atoms with Gasteiger partial charge in [-0.25, -0.2) is 0 Å². The van der Waals surface area contributed by atoms with E-state index in [1.807, 2.05) is 6.92 Å². The Morgan fingerprint density at radius 1 is 0.426 bits per heavy atom. The molecule has 0 aliphatic rings. The van der Waals surface area contributed by atoms with E-state index in [2.05, 4.69) is 10.6 Å². The number of carboxylic acid groups (broad SMARTS) is 3. The average molecular weight is 873 g/mol. The van der Waals surface area contributed by atoms with Crippen molar-refractivity contribution < 1.29 is 67.8 Å². The Labute approximate surface area is 364 Å². The van der Waals surface area contributed by atoms with Crippen LogP contribution in [0.3, 0.4) is 0 Å². The number of Topliss-reactive ketones (excluding diaryl/α,β-unsaturated/α-hetero) is 2. The van der Waals surface area contributed by atoms with E-state index in [0.29, 0.717) is 45.3 Å². The Bertz CT molecular complexity index is 1180. The van der Waals surface area contributed by atoms with E-state index >= 15 is 0 Å². The van der Waals surface area contributed by atoms with Gasteiger partial charge in [0.15, 0.2) is 0 Å². The topological polar surface area (TPSA) is 241 Å². The summed E-state index contributed by atoms with van der Waals surface area (Å²) in [6.07, 6.45) is 19.5. The lowest BCUT2D eigenvalue weighted by Crippen LogP contribution is -2.31. The number of aliphatic carboxylic acids is 3. The maximum absolute atomic E-state index is 12.4. The smallest absolute Gasteiger partial charge is 0.306 e. The Morgan fingerprint density at radius 3 is 1.39 bits per heavy atom. The van der Waals surface area contributed by atoms with Gasteiger partial charge in [0.1, 0.15) is 24.8 Å². The van der Waals surface area contributed by atoms with Crippen molar-refractivity contribution in [1.29, 1.82) is 0 Å². The molecule has 16 nitrogen and oxygen atoms in total. The molecule has 0 heterocycles. The number of rotatable bonds is 47. The SMILES string of the molecule is CC[C@@H](CCCCNC(=O)COCCOCCNC(=O)COCCOCCCC(=O)CC[C@H](CC(=O)CCCCCCCCCCCCCCCCC(=O)O)C(=O)O)C(=O)O. The van der Waals surface area contributed by atoms with Crippen LogP contribution in [-0.2, 0) is 52.5 Å². The minimum absolute atomic E-state index is 0.0411. The first kappa shape index (κ1) is 57.5. The highest BCUT2D eigenvalue weighted by Gasteiger charge is 2.22. The highest BCUT2D eigenvalue weighted by molar-refractivity contribution is 5.84. The number of carbonyl (C=O) groups is 7. The van der Waals surface area contributed by atoms with Crippen molar-refractivity contribution in [1.82, 2.24) is 10.6 Å². The highest BCUT2D eigenvalue weighted by Crippen LogP contribution is 2.18. The average Bonchev–Trinajstić information content (AvgIpc) is 3.22. The van der Waals surface area contributed by atoms with Gasteiger partial charge in [-0.05, 0) is 44.9 Å². The van der Waals surface area contributed by atoms with Crippen LogP contribution in [0.4, 0.5) is 0 Å². The molecule has 61 heavy (non-hydrogen) atoms.